The van der Waals surface area contributed by atoms with Gasteiger partial charge in [-0.1, -0.05) is 34.1 Å². The Bertz CT molecular complexity index is 540. The largest absolute Gasteiger partial charge is 0.516 e. The molecule has 0 radical (unpaired) electrons. The molecule has 0 aromatic carbocycles. The summed E-state index contributed by atoms with van der Waals surface area (Å²) in [6.45, 7) is 14.9. The molecule has 3 atom stereocenters. The predicted molar refractivity (Wildman–Crippen MR) is 106 cm³/mol. The Morgan fingerprint density at radius 2 is 1.79 bits per heavy atom. The van der Waals surface area contributed by atoms with E-state index in [0.717, 1.165) is 6.42 Å². The average Bonchev–Trinajstić information content (AvgIpc) is 2.57. The molecular formula is C21H37NO6. The highest BCUT2D eigenvalue weighted by Crippen LogP contribution is 2.34. The summed E-state index contributed by atoms with van der Waals surface area (Å²) in [7, 11) is 0. The fourth-order valence-electron chi connectivity index (χ4n) is 3.34. The van der Waals surface area contributed by atoms with Crippen molar-refractivity contribution in [3.63, 3.8) is 0 Å². The Hall–Kier alpha value is -1.79. The number of ether oxygens (including phenoxy) is 3. The van der Waals surface area contributed by atoms with Crippen LogP contribution in [-0.4, -0.2) is 48.4 Å². The van der Waals surface area contributed by atoms with Crippen LogP contribution in [0.25, 0.3) is 0 Å². The van der Waals surface area contributed by atoms with Crippen LogP contribution in [0.15, 0.2) is 0 Å². The summed E-state index contributed by atoms with van der Waals surface area (Å²) in [5, 5.41) is 0. The maximum atomic E-state index is 12.4. The summed E-state index contributed by atoms with van der Waals surface area (Å²) in [6.07, 6.45) is 0.497. The van der Waals surface area contributed by atoms with Gasteiger partial charge in [0.2, 0.25) is 0 Å². The normalized spacial score (nSPS) is 21.2. The zero-order valence-electron chi connectivity index (χ0n) is 18.4. The minimum atomic E-state index is -0.940. The Morgan fingerprint density at radius 1 is 1.14 bits per heavy atom. The quantitative estimate of drug-likeness (QED) is 0.478. The second-order valence-electron chi connectivity index (χ2n) is 9.16. The molecule has 0 aliphatic carbocycles. The van der Waals surface area contributed by atoms with Crippen molar-refractivity contribution < 1.29 is 28.6 Å². The van der Waals surface area contributed by atoms with Crippen molar-refractivity contribution in [3.05, 3.63) is 0 Å². The fraction of sp³-hybridized carbons (Fsp3) is 0.857. The van der Waals surface area contributed by atoms with Crippen LogP contribution in [-0.2, 0) is 19.0 Å². The van der Waals surface area contributed by atoms with Crippen LogP contribution in [0.3, 0.4) is 0 Å². The molecule has 0 bridgehead atoms. The number of likely N-dealkylation sites (tertiary alicyclic amines) is 1. The molecule has 0 saturated carbocycles. The first-order valence-electron chi connectivity index (χ1n) is 10.3. The Kier molecular flexibility index (Phi) is 9.24. The minimum Gasteiger partial charge on any atom is -0.444 e. The Balaban J connectivity index is 2.67. The lowest BCUT2D eigenvalue weighted by atomic mass is 9.75. The summed E-state index contributed by atoms with van der Waals surface area (Å²) in [5.41, 5.74) is -0.542. The number of carbonyl (C=O) groups excluding carboxylic acids is 3. The average molecular weight is 400 g/mol. The molecular weight excluding hydrogens is 362 g/mol. The molecule has 0 aromatic rings. The summed E-state index contributed by atoms with van der Waals surface area (Å²) < 4.78 is 15.2. The molecule has 28 heavy (non-hydrogen) atoms. The van der Waals surface area contributed by atoms with Crippen LogP contribution >= 0.6 is 0 Å². The number of piperidine rings is 1. The number of rotatable bonds is 6. The molecule has 1 amide bonds. The molecule has 1 rings (SSSR count). The molecule has 0 spiro atoms. The molecule has 3 unspecified atom stereocenters. The first kappa shape index (κ1) is 24.2. The number of carbonyl (C=O) groups is 3. The van der Waals surface area contributed by atoms with Crippen LogP contribution in [0.1, 0.15) is 67.7 Å². The molecule has 7 heteroatoms. The maximum Gasteiger partial charge on any atom is 0.516 e. The molecule has 162 valence electrons. The van der Waals surface area contributed by atoms with E-state index in [1.54, 1.807) is 4.90 Å². The summed E-state index contributed by atoms with van der Waals surface area (Å²) in [4.78, 5) is 38.0. The van der Waals surface area contributed by atoms with Gasteiger partial charge in [-0.25, -0.2) is 9.59 Å². The van der Waals surface area contributed by atoms with E-state index in [0.29, 0.717) is 25.4 Å². The van der Waals surface area contributed by atoms with Gasteiger partial charge in [-0.3, -0.25) is 4.79 Å². The van der Waals surface area contributed by atoms with Gasteiger partial charge in [-0.2, -0.15) is 0 Å². The van der Waals surface area contributed by atoms with E-state index in [4.69, 9.17) is 14.2 Å². The van der Waals surface area contributed by atoms with Crippen LogP contribution < -0.4 is 0 Å². The van der Waals surface area contributed by atoms with E-state index in [-0.39, 0.29) is 36.9 Å². The van der Waals surface area contributed by atoms with E-state index in [1.165, 1.54) is 0 Å². The van der Waals surface area contributed by atoms with Crippen molar-refractivity contribution in [2.45, 2.75) is 73.3 Å². The van der Waals surface area contributed by atoms with Crippen molar-refractivity contribution in [2.24, 2.45) is 23.7 Å². The van der Waals surface area contributed by atoms with E-state index < -0.39 is 17.7 Å². The lowest BCUT2D eigenvalue weighted by Gasteiger charge is -2.41. The highest BCUT2D eigenvalue weighted by Gasteiger charge is 2.37. The van der Waals surface area contributed by atoms with Crippen LogP contribution in [0, 0.1) is 23.7 Å². The molecule has 1 saturated heterocycles. The third-order valence-corrected chi connectivity index (χ3v) is 4.99. The first-order valence-corrected chi connectivity index (χ1v) is 10.3. The molecule has 1 aliphatic heterocycles. The number of amides is 1. The lowest BCUT2D eigenvalue weighted by Crippen LogP contribution is -2.48. The molecule has 0 aromatic heterocycles. The standard InChI is InChI=1S/C21H37NO6/c1-8-15(4)17-12-22(19(24)28-21(5,6)7)10-9-16(17)11-18(23)27-20(25)26-13-14(2)3/h14-17H,8-13H2,1-7H3. The van der Waals surface area contributed by atoms with Gasteiger partial charge in [0.25, 0.3) is 0 Å². The Morgan fingerprint density at radius 3 is 2.32 bits per heavy atom. The van der Waals surface area contributed by atoms with Crippen molar-refractivity contribution >= 4 is 18.2 Å². The SMILES string of the molecule is CCC(C)C1CN(C(=O)OC(C)(C)C)CCC1CC(=O)OC(=O)OCC(C)C. The highest BCUT2D eigenvalue weighted by molar-refractivity contribution is 5.82. The highest BCUT2D eigenvalue weighted by atomic mass is 16.7. The van der Waals surface area contributed by atoms with Crippen LogP contribution in [0.5, 0.6) is 0 Å². The molecule has 1 fully saturated rings. The Labute approximate surface area is 169 Å². The second-order valence-corrected chi connectivity index (χ2v) is 9.16. The minimum absolute atomic E-state index is 0.0547. The van der Waals surface area contributed by atoms with Gasteiger partial charge in [-0.05, 0) is 50.9 Å². The van der Waals surface area contributed by atoms with Crippen molar-refractivity contribution in [2.75, 3.05) is 19.7 Å². The summed E-state index contributed by atoms with van der Waals surface area (Å²) >= 11 is 0. The number of esters is 1. The predicted octanol–water partition coefficient (Wildman–Crippen LogP) is 4.63. The fourth-order valence-corrected chi connectivity index (χ4v) is 3.34. The van der Waals surface area contributed by atoms with E-state index >= 15 is 0 Å². The van der Waals surface area contributed by atoms with Crippen LogP contribution in [0.2, 0.25) is 0 Å². The summed E-state index contributed by atoms with van der Waals surface area (Å²) in [6, 6.07) is 0. The van der Waals surface area contributed by atoms with Gasteiger partial charge in [0, 0.05) is 19.5 Å². The monoisotopic (exact) mass is 399 g/mol. The van der Waals surface area contributed by atoms with E-state index in [2.05, 4.69) is 13.8 Å². The first-order chi connectivity index (χ1) is 12.9. The smallest absolute Gasteiger partial charge is 0.444 e. The van der Waals surface area contributed by atoms with Gasteiger partial charge in [0.1, 0.15) is 5.60 Å². The van der Waals surface area contributed by atoms with Crippen molar-refractivity contribution in [1.82, 2.24) is 4.90 Å². The van der Waals surface area contributed by atoms with Gasteiger partial charge in [0.15, 0.2) is 0 Å². The lowest BCUT2D eigenvalue weighted by molar-refractivity contribution is -0.142. The van der Waals surface area contributed by atoms with Crippen LogP contribution in [0.4, 0.5) is 9.59 Å². The second kappa shape index (κ2) is 10.7. The molecule has 1 aliphatic rings. The number of nitrogens with zero attached hydrogens (tertiary/aromatic N) is 1. The number of hydrogen-bond acceptors (Lipinski definition) is 6. The molecule has 0 N–H and O–H groups in total. The third kappa shape index (κ3) is 8.48. The van der Waals surface area contributed by atoms with Gasteiger partial charge < -0.3 is 19.1 Å². The van der Waals surface area contributed by atoms with E-state index in [1.807, 2.05) is 34.6 Å². The van der Waals surface area contributed by atoms with E-state index in [9.17, 15) is 14.4 Å². The van der Waals surface area contributed by atoms with Gasteiger partial charge in [0.05, 0.1) is 6.61 Å². The third-order valence-electron chi connectivity index (χ3n) is 4.99. The number of hydrogen-bond donors (Lipinski definition) is 0. The van der Waals surface area contributed by atoms with Crippen molar-refractivity contribution in [1.29, 1.82) is 0 Å². The molecule has 1 heterocycles. The van der Waals surface area contributed by atoms with Gasteiger partial charge >= 0.3 is 18.2 Å². The maximum absolute atomic E-state index is 12.4. The van der Waals surface area contributed by atoms with Crippen molar-refractivity contribution in [3.8, 4) is 0 Å². The van der Waals surface area contributed by atoms with Gasteiger partial charge in [-0.15, -0.1) is 0 Å². The summed E-state index contributed by atoms with van der Waals surface area (Å²) in [5.74, 6) is 0.132. The zero-order chi connectivity index (χ0) is 21.5. The molecule has 7 nitrogen and oxygen atoms in total. The topological polar surface area (TPSA) is 82.1 Å². The zero-order valence-corrected chi connectivity index (χ0v) is 18.4.